The quantitative estimate of drug-likeness (QED) is 0.728. The summed E-state index contributed by atoms with van der Waals surface area (Å²) in [5.41, 5.74) is 0. The Morgan fingerprint density at radius 1 is 1.20 bits per heavy atom. The zero-order valence-electron chi connectivity index (χ0n) is 12.4. The van der Waals surface area contributed by atoms with Crippen LogP contribution in [0.15, 0.2) is 28.7 Å². The minimum Gasteiger partial charge on any atom is -0.492 e. The number of likely N-dealkylation sites (N-methyl/N-ethyl adjacent to an activating group) is 1. The van der Waals surface area contributed by atoms with Gasteiger partial charge in [0.2, 0.25) is 5.91 Å². The number of rotatable bonds is 8. The third-order valence-electron chi connectivity index (χ3n) is 2.89. The van der Waals surface area contributed by atoms with Crippen molar-refractivity contribution in [2.24, 2.45) is 0 Å². The van der Waals surface area contributed by atoms with Crippen LogP contribution in [0, 0.1) is 0 Å². The molecule has 0 radical (unpaired) electrons. The average molecular weight is 343 g/mol. The first-order chi connectivity index (χ1) is 9.52. The topological polar surface area (TPSA) is 32.8 Å². The molecule has 1 aromatic carbocycles. The first-order valence-corrected chi connectivity index (χ1v) is 7.63. The van der Waals surface area contributed by atoms with E-state index in [1.165, 1.54) is 0 Å². The van der Waals surface area contributed by atoms with Gasteiger partial charge in [0, 0.05) is 25.1 Å². The Balaban J connectivity index is 2.38. The standard InChI is InChI=1S/C15H23BrN2O2/c1-4-9-18(12-15(19)17(2)3)10-11-20-14-7-5-13(16)6-8-14/h5-8H,4,9-12H2,1-3H3. The number of benzene rings is 1. The van der Waals surface area contributed by atoms with Gasteiger partial charge in [0.15, 0.2) is 0 Å². The van der Waals surface area contributed by atoms with E-state index in [0.717, 1.165) is 29.7 Å². The van der Waals surface area contributed by atoms with Gasteiger partial charge >= 0.3 is 0 Å². The molecule has 5 heteroatoms. The van der Waals surface area contributed by atoms with Gasteiger partial charge in [-0.3, -0.25) is 9.69 Å². The van der Waals surface area contributed by atoms with Gasteiger partial charge in [-0.05, 0) is 37.2 Å². The highest BCUT2D eigenvalue weighted by Crippen LogP contribution is 2.15. The molecule has 0 bridgehead atoms. The number of hydrogen-bond donors (Lipinski definition) is 0. The Morgan fingerprint density at radius 3 is 2.40 bits per heavy atom. The molecular formula is C15H23BrN2O2. The summed E-state index contributed by atoms with van der Waals surface area (Å²) in [6.07, 6.45) is 1.03. The van der Waals surface area contributed by atoms with Crippen LogP contribution in [-0.2, 0) is 4.79 Å². The van der Waals surface area contributed by atoms with Gasteiger partial charge < -0.3 is 9.64 Å². The normalized spacial score (nSPS) is 10.7. The highest BCUT2D eigenvalue weighted by Gasteiger charge is 2.11. The van der Waals surface area contributed by atoms with E-state index in [1.807, 2.05) is 24.3 Å². The predicted octanol–water partition coefficient (Wildman–Crippen LogP) is 2.63. The van der Waals surface area contributed by atoms with Crippen LogP contribution in [0.5, 0.6) is 5.75 Å². The van der Waals surface area contributed by atoms with E-state index >= 15 is 0 Å². The number of carbonyl (C=O) groups is 1. The first kappa shape index (κ1) is 17.0. The average Bonchev–Trinajstić information content (AvgIpc) is 2.41. The summed E-state index contributed by atoms with van der Waals surface area (Å²) in [5, 5.41) is 0. The molecule has 0 atom stereocenters. The molecule has 0 saturated heterocycles. The molecule has 1 rings (SSSR count). The van der Waals surface area contributed by atoms with Crippen LogP contribution in [0.2, 0.25) is 0 Å². The van der Waals surface area contributed by atoms with Crippen LogP contribution in [0.1, 0.15) is 13.3 Å². The smallest absolute Gasteiger partial charge is 0.236 e. The molecule has 4 nitrogen and oxygen atoms in total. The number of carbonyl (C=O) groups excluding carboxylic acids is 1. The molecule has 112 valence electrons. The van der Waals surface area contributed by atoms with Crippen molar-refractivity contribution in [3.8, 4) is 5.75 Å². The van der Waals surface area contributed by atoms with Gasteiger partial charge in [0.05, 0.1) is 6.54 Å². The van der Waals surface area contributed by atoms with Crippen molar-refractivity contribution in [1.29, 1.82) is 0 Å². The zero-order valence-corrected chi connectivity index (χ0v) is 14.0. The Bertz CT molecular complexity index is 407. The van der Waals surface area contributed by atoms with Crippen molar-refractivity contribution in [3.63, 3.8) is 0 Å². The molecule has 0 aromatic heterocycles. The summed E-state index contributed by atoms with van der Waals surface area (Å²) < 4.78 is 6.73. The second-order valence-electron chi connectivity index (χ2n) is 4.87. The third kappa shape index (κ3) is 6.39. The molecule has 0 fully saturated rings. The number of ether oxygens (including phenoxy) is 1. The molecule has 0 saturated carbocycles. The minimum atomic E-state index is 0.127. The second kappa shape index (κ2) is 8.97. The van der Waals surface area contributed by atoms with E-state index < -0.39 is 0 Å². The maximum absolute atomic E-state index is 11.7. The van der Waals surface area contributed by atoms with Crippen LogP contribution in [0.25, 0.3) is 0 Å². The molecule has 20 heavy (non-hydrogen) atoms. The lowest BCUT2D eigenvalue weighted by Crippen LogP contribution is -2.39. The number of amides is 1. The summed E-state index contributed by atoms with van der Waals surface area (Å²) in [4.78, 5) is 15.5. The number of nitrogens with zero attached hydrogens (tertiary/aromatic N) is 2. The Morgan fingerprint density at radius 2 is 1.85 bits per heavy atom. The van der Waals surface area contributed by atoms with Crippen LogP contribution < -0.4 is 4.74 Å². The predicted molar refractivity (Wildman–Crippen MR) is 85.1 cm³/mol. The molecule has 0 aliphatic carbocycles. The molecule has 1 amide bonds. The minimum absolute atomic E-state index is 0.127. The Hall–Kier alpha value is -1.07. The summed E-state index contributed by atoms with van der Waals surface area (Å²) in [6, 6.07) is 7.77. The maximum atomic E-state index is 11.7. The monoisotopic (exact) mass is 342 g/mol. The summed E-state index contributed by atoms with van der Waals surface area (Å²) in [7, 11) is 3.57. The summed E-state index contributed by atoms with van der Waals surface area (Å²) >= 11 is 3.39. The molecular weight excluding hydrogens is 320 g/mol. The van der Waals surface area contributed by atoms with Crippen molar-refractivity contribution in [3.05, 3.63) is 28.7 Å². The fraction of sp³-hybridized carbons (Fsp3) is 0.533. The molecule has 0 spiro atoms. The van der Waals surface area contributed by atoms with Crippen molar-refractivity contribution in [2.45, 2.75) is 13.3 Å². The van der Waals surface area contributed by atoms with Gasteiger partial charge in [-0.2, -0.15) is 0 Å². The number of hydrogen-bond acceptors (Lipinski definition) is 3. The van der Waals surface area contributed by atoms with Gasteiger partial charge in [-0.25, -0.2) is 0 Å². The van der Waals surface area contributed by atoms with Crippen molar-refractivity contribution < 1.29 is 9.53 Å². The van der Waals surface area contributed by atoms with Crippen LogP contribution in [-0.4, -0.2) is 56.0 Å². The van der Waals surface area contributed by atoms with Crippen LogP contribution in [0.3, 0.4) is 0 Å². The van der Waals surface area contributed by atoms with Gasteiger partial charge in [-0.15, -0.1) is 0 Å². The Kier molecular flexibility index (Phi) is 7.62. The molecule has 0 heterocycles. The van der Waals surface area contributed by atoms with Gasteiger partial charge in [-0.1, -0.05) is 22.9 Å². The SMILES string of the molecule is CCCN(CCOc1ccc(Br)cc1)CC(=O)N(C)C. The summed E-state index contributed by atoms with van der Waals surface area (Å²) in [6.45, 7) is 4.81. The van der Waals surface area contributed by atoms with E-state index in [1.54, 1.807) is 19.0 Å². The van der Waals surface area contributed by atoms with E-state index in [9.17, 15) is 4.79 Å². The highest BCUT2D eigenvalue weighted by atomic mass is 79.9. The van der Waals surface area contributed by atoms with Crippen molar-refractivity contribution in [2.75, 3.05) is 40.3 Å². The van der Waals surface area contributed by atoms with E-state index in [2.05, 4.69) is 27.8 Å². The van der Waals surface area contributed by atoms with Gasteiger partial charge in [0.25, 0.3) is 0 Å². The molecule has 0 aliphatic rings. The maximum Gasteiger partial charge on any atom is 0.236 e. The molecule has 0 aliphatic heterocycles. The third-order valence-corrected chi connectivity index (χ3v) is 3.42. The lowest BCUT2D eigenvalue weighted by atomic mass is 10.3. The van der Waals surface area contributed by atoms with Crippen molar-refractivity contribution in [1.82, 2.24) is 9.80 Å². The van der Waals surface area contributed by atoms with Crippen LogP contribution in [0.4, 0.5) is 0 Å². The zero-order chi connectivity index (χ0) is 15.0. The van der Waals surface area contributed by atoms with Crippen LogP contribution >= 0.6 is 15.9 Å². The van der Waals surface area contributed by atoms with E-state index in [4.69, 9.17) is 4.74 Å². The summed E-state index contributed by atoms with van der Waals surface area (Å²) in [5.74, 6) is 0.977. The lowest BCUT2D eigenvalue weighted by Gasteiger charge is -2.23. The molecule has 0 unspecified atom stereocenters. The molecule has 0 N–H and O–H groups in total. The van der Waals surface area contributed by atoms with Crippen molar-refractivity contribution >= 4 is 21.8 Å². The van der Waals surface area contributed by atoms with E-state index in [0.29, 0.717) is 13.2 Å². The highest BCUT2D eigenvalue weighted by molar-refractivity contribution is 9.10. The van der Waals surface area contributed by atoms with Gasteiger partial charge in [0.1, 0.15) is 12.4 Å². The fourth-order valence-electron chi connectivity index (χ4n) is 1.74. The van der Waals surface area contributed by atoms with E-state index in [-0.39, 0.29) is 5.91 Å². The fourth-order valence-corrected chi connectivity index (χ4v) is 2.01. The molecule has 1 aromatic rings. The Labute approximate surface area is 129 Å². The lowest BCUT2D eigenvalue weighted by molar-refractivity contribution is -0.130. The largest absolute Gasteiger partial charge is 0.492 e. The number of halogens is 1. The second-order valence-corrected chi connectivity index (χ2v) is 5.78. The first-order valence-electron chi connectivity index (χ1n) is 6.83.